The highest BCUT2D eigenvalue weighted by atomic mass is 32.1. The van der Waals surface area contributed by atoms with Gasteiger partial charge in [-0.1, -0.05) is 0 Å². The molecular formula is C21H23FN4O3S. The number of carbonyl (C=O) groups excluding carboxylic acids is 2. The van der Waals surface area contributed by atoms with Gasteiger partial charge in [0.25, 0.3) is 5.91 Å². The van der Waals surface area contributed by atoms with E-state index in [1.807, 2.05) is 13.8 Å². The number of hydrogen-bond acceptors (Lipinski definition) is 6. The van der Waals surface area contributed by atoms with Crippen LogP contribution in [-0.4, -0.2) is 27.6 Å². The maximum Gasteiger partial charge on any atom is 0.412 e. The van der Waals surface area contributed by atoms with E-state index in [0.29, 0.717) is 15.5 Å². The van der Waals surface area contributed by atoms with E-state index < -0.39 is 23.4 Å². The second-order valence-corrected chi connectivity index (χ2v) is 8.86. The molecule has 3 rings (SSSR count). The highest BCUT2D eigenvalue weighted by molar-refractivity contribution is 7.20. The molecule has 2 aromatic heterocycles. The van der Waals surface area contributed by atoms with Gasteiger partial charge in [0, 0.05) is 11.1 Å². The first-order chi connectivity index (χ1) is 13.9. The predicted octanol–water partition coefficient (Wildman–Crippen LogP) is 5.35. The van der Waals surface area contributed by atoms with Crippen LogP contribution in [0.5, 0.6) is 0 Å². The van der Waals surface area contributed by atoms with Crippen LogP contribution in [0.25, 0.3) is 10.2 Å². The summed E-state index contributed by atoms with van der Waals surface area (Å²) in [6.45, 7) is 10.7. The van der Waals surface area contributed by atoms with E-state index in [9.17, 15) is 14.0 Å². The zero-order valence-corrected chi connectivity index (χ0v) is 18.5. The average Bonchev–Trinajstić information content (AvgIpc) is 2.92. The minimum absolute atomic E-state index is 0.127. The number of benzene rings is 1. The lowest BCUT2D eigenvalue weighted by Gasteiger charge is -2.20. The minimum Gasteiger partial charge on any atom is -0.444 e. The van der Waals surface area contributed by atoms with Crippen molar-refractivity contribution in [3.05, 3.63) is 46.0 Å². The molecule has 2 amide bonds. The van der Waals surface area contributed by atoms with Gasteiger partial charge in [-0.3, -0.25) is 10.1 Å². The SMILES string of the molecule is Cc1nc(C)c2c(C)c(C(=O)Nc3cc(F)ccc3NC(=O)OC(C)(C)C)sc2n1. The topological polar surface area (TPSA) is 93.2 Å². The second kappa shape index (κ2) is 7.98. The number of aryl methyl sites for hydroxylation is 3. The number of ether oxygens (including phenoxy) is 1. The molecule has 0 radical (unpaired) electrons. The summed E-state index contributed by atoms with van der Waals surface area (Å²) in [5.41, 5.74) is 1.20. The van der Waals surface area contributed by atoms with Crippen LogP contribution in [-0.2, 0) is 4.74 Å². The summed E-state index contributed by atoms with van der Waals surface area (Å²) in [5.74, 6) is -0.349. The van der Waals surface area contributed by atoms with Crippen LogP contribution in [0.1, 0.15) is 47.5 Å². The number of carbonyl (C=O) groups is 2. The fourth-order valence-corrected chi connectivity index (χ4v) is 4.18. The van der Waals surface area contributed by atoms with Crippen molar-refractivity contribution in [2.75, 3.05) is 10.6 Å². The normalized spacial score (nSPS) is 11.4. The highest BCUT2D eigenvalue weighted by Gasteiger charge is 2.21. The van der Waals surface area contributed by atoms with Gasteiger partial charge in [0.05, 0.1) is 16.3 Å². The van der Waals surface area contributed by atoms with Crippen molar-refractivity contribution < 1.29 is 18.7 Å². The summed E-state index contributed by atoms with van der Waals surface area (Å²) in [6.07, 6.45) is -0.705. The molecule has 0 fully saturated rings. The minimum atomic E-state index is -0.705. The molecule has 1 aromatic carbocycles. The number of thiophene rings is 1. The summed E-state index contributed by atoms with van der Waals surface area (Å²) >= 11 is 1.24. The van der Waals surface area contributed by atoms with E-state index >= 15 is 0 Å². The van der Waals surface area contributed by atoms with Gasteiger partial charge in [-0.2, -0.15) is 0 Å². The summed E-state index contributed by atoms with van der Waals surface area (Å²) in [4.78, 5) is 35.0. The van der Waals surface area contributed by atoms with Gasteiger partial charge >= 0.3 is 6.09 Å². The third-order valence-electron chi connectivity index (χ3n) is 4.15. The Morgan fingerprint density at radius 2 is 1.77 bits per heavy atom. The summed E-state index contributed by atoms with van der Waals surface area (Å²) in [5, 5.41) is 6.07. The Balaban J connectivity index is 1.91. The molecule has 0 aliphatic heterocycles. The number of hydrogen-bond donors (Lipinski definition) is 2. The number of rotatable bonds is 3. The number of fused-ring (bicyclic) bond motifs is 1. The lowest BCUT2D eigenvalue weighted by molar-refractivity contribution is 0.0635. The second-order valence-electron chi connectivity index (χ2n) is 7.86. The van der Waals surface area contributed by atoms with Crippen molar-refractivity contribution in [1.29, 1.82) is 0 Å². The molecule has 2 N–H and O–H groups in total. The van der Waals surface area contributed by atoms with Crippen LogP contribution in [0, 0.1) is 26.6 Å². The van der Waals surface area contributed by atoms with Gasteiger partial charge in [0.1, 0.15) is 22.1 Å². The Labute approximate surface area is 177 Å². The summed E-state index contributed by atoms with van der Waals surface area (Å²) < 4.78 is 19.1. The summed E-state index contributed by atoms with van der Waals surface area (Å²) in [7, 11) is 0. The van der Waals surface area contributed by atoms with Crippen molar-refractivity contribution in [3.8, 4) is 0 Å². The van der Waals surface area contributed by atoms with E-state index in [1.165, 1.54) is 23.5 Å². The van der Waals surface area contributed by atoms with Crippen molar-refractivity contribution >= 4 is 44.9 Å². The Morgan fingerprint density at radius 1 is 1.07 bits per heavy atom. The van der Waals surface area contributed by atoms with Crippen LogP contribution >= 0.6 is 11.3 Å². The molecule has 7 nitrogen and oxygen atoms in total. The zero-order valence-electron chi connectivity index (χ0n) is 17.6. The first-order valence-electron chi connectivity index (χ1n) is 9.30. The number of amides is 2. The molecular weight excluding hydrogens is 407 g/mol. The third-order valence-corrected chi connectivity index (χ3v) is 5.34. The molecule has 0 spiro atoms. The lowest BCUT2D eigenvalue weighted by Crippen LogP contribution is -2.27. The first kappa shape index (κ1) is 21.6. The molecule has 0 atom stereocenters. The zero-order chi connectivity index (χ0) is 22.2. The summed E-state index contributed by atoms with van der Waals surface area (Å²) in [6, 6.07) is 3.70. The fourth-order valence-electron chi connectivity index (χ4n) is 3.01. The molecule has 0 bridgehead atoms. The monoisotopic (exact) mass is 430 g/mol. The lowest BCUT2D eigenvalue weighted by atomic mass is 10.1. The molecule has 0 saturated heterocycles. The van der Waals surface area contributed by atoms with Gasteiger partial charge in [-0.15, -0.1) is 11.3 Å². The first-order valence-corrected chi connectivity index (χ1v) is 10.1. The predicted molar refractivity (Wildman–Crippen MR) is 116 cm³/mol. The molecule has 0 aliphatic rings. The van der Waals surface area contributed by atoms with Crippen LogP contribution in [0.2, 0.25) is 0 Å². The Morgan fingerprint density at radius 3 is 2.43 bits per heavy atom. The number of aromatic nitrogens is 2. The maximum absolute atomic E-state index is 13.8. The standard InChI is InChI=1S/C21H23FN4O3S/c1-10-16-11(2)23-12(3)24-19(16)30-17(10)18(27)25-15-9-13(22)7-8-14(15)26-20(28)29-21(4,5)6/h7-9H,1-6H3,(H,25,27)(H,26,28). The van der Waals surface area contributed by atoms with Crippen molar-refractivity contribution in [2.24, 2.45) is 0 Å². The maximum atomic E-state index is 13.8. The molecule has 30 heavy (non-hydrogen) atoms. The van der Waals surface area contributed by atoms with Crippen LogP contribution < -0.4 is 10.6 Å². The van der Waals surface area contributed by atoms with E-state index in [1.54, 1.807) is 27.7 Å². The molecule has 158 valence electrons. The van der Waals surface area contributed by atoms with Gasteiger partial charge in [0.2, 0.25) is 0 Å². The molecule has 0 saturated carbocycles. The Bertz CT molecular complexity index is 1150. The Kier molecular flexibility index (Phi) is 5.76. The smallest absolute Gasteiger partial charge is 0.412 e. The van der Waals surface area contributed by atoms with Gasteiger partial charge < -0.3 is 10.1 Å². The van der Waals surface area contributed by atoms with Gasteiger partial charge in [-0.05, 0) is 65.3 Å². The van der Waals surface area contributed by atoms with E-state index in [4.69, 9.17) is 4.74 Å². The largest absolute Gasteiger partial charge is 0.444 e. The number of halogens is 1. The van der Waals surface area contributed by atoms with Gasteiger partial charge in [0.15, 0.2) is 0 Å². The van der Waals surface area contributed by atoms with Gasteiger partial charge in [-0.25, -0.2) is 19.2 Å². The van der Waals surface area contributed by atoms with Crippen molar-refractivity contribution in [1.82, 2.24) is 9.97 Å². The Hall–Kier alpha value is -3.07. The van der Waals surface area contributed by atoms with Crippen molar-refractivity contribution in [2.45, 2.75) is 47.1 Å². The highest BCUT2D eigenvalue weighted by Crippen LogP contribution is 2.32. The third kappa shape index (κ3) is 4.73. The molecule has 0 unspecified atom stereocenters. The van der Waals surface area contributed by atoms with Crippen LogP contribution in [0.3, 0.4) is 0 Å². The number of anilines is 2. The fraction of sp³-hybridized carbons (Fsp3) is 0.333. The van der Waals surface area contributed by atoms with Crippen LogP contribution in [0.4, 0.5) is 20.6 Å². The molecule has 2 heterocycles. The molecule has 9 heteroatoms. The van der Waals surface area contributed by atoms with E-state index in [-0.39, 0.29) is 11.4 Å². The van der Waals surface area contributed by atoms with E-state index in [0.717, 1.165) is 22.7 Å². The quantitative estimate of drug-likeness (QED) is 0.584. The van der Waals surface area contributed by atoms with Crippen molar-refractivity contribution in [3.63, 3.8) is 0 Å². The number of nitrogens with one attached hydrogen (secondary N) is 2. The average molecular weight is 431 g/mol. The van der Waals surface area contributed by atoms with E-state index in [2.05, 4.69) is 20.6 Å². The number of nitrogens with zero attached hydrogens (tertiary/aromatic N) is 2. The molecule has 0 aliphatic carbocycles. The van der Waals surface area contributed by atoms with Crippen LogP contribution in [0.15, 0.2) is 18.2 Å². The molecule has 3 aromatic rings.